The molecule has 0 spiro atoms. The summed E-state index contributed by atoms with van der Waals surface area (Å²) in [6.07, 6.45) is 5.51. The van der Waals surface area contributed by atoms with Gasteiger partial charge in [0.2, 0.25) is 0 Å². The fourth-order valence-electron chi connectivity index (χ4n) is 1.51. The van der Waals surface area contributed by atoms with Crippen LogP contribution >= 0.6 is 11.3 Å². The number of nitrogens with zero attached hydrogens (tertiary/aromatic N) is 3. The molecule has 2 heterocycles. The fourth-order valence-corrected chi connectivity index (χ4v) is 2.29. The second-order valence-corrected chi connectivity index (χ2v) is 4.76. The summed E-state index contributed by atoms with van der Waals surface area (Å²) in [6.45, 7) is 5.25. The highest BCUT2D eigenvalue weighted by Crippen LogP contribution is 2.21. The molecule has 0 N–H and O–H groups in total. The van der Waals surface area contributed by atoms with Gasteiger partial charge in [0, 0.05) is 36.6 Å². The van der Waals surface area contributed by atoms with Crippen LogP contribution in [0.2, 0.25) is 0 Å². The van der Waals surface area contributed by atoms with Crippen molar-refractivity contribution >= 4 is 16.5 Å². The van der Waals surface area contributed by atoms with Crippen molar-refractivity contribution in [1.29, 1.82) is 0 Å². The van der Waals surface area contributed by atoms with Gasteiger partial charge >= 0.3 is 0 Å². The predicted octanol–water partition coefficient (Wildman–Crippen LogP) is 2.95. The Bertz CT molecular complexity index is 411. The number of hydrogen-bond donors (Lipinski definition) is 0. The number of thiazole rings is 1. The maximum atomic E-state index is 4.36. The van der Waals surface area contributed by atoms with Crippen molar-refractivity contribution in [2.75, 3.05) is 4.90 Å². The first-order valence-electron chi connectivity index (χ1n) is 5.32. The van der Waals surface area contributed by atoms with Crippen LogP contribution < -0.4 is 4.90 Å². The summed E-state index contributed by atoms with van der Waals surface area (Å²) in [7, 11) is 0. The summed E-state index contributed by atoms with van der Waals surface area (Å²) in [4.78, 5) is 10.7. The molecule has 0 radical (unpaired) electrons. The molecule has 2 aromatic rings. The average Bonchev–Trinajstić information content (AvgIpc) is 2.80. The van der Waals surface area contributed by atoms with Gasteiger partial charge in [-0.1, -0.05) is 0 Å². The lowest BCUT2D eigenvalue weighted by molar-refractivity contribution is 0.679. The number of anilines is 1. The average molecular weight is 233 g/mol. The molecule has 4 heteroatoms. The van der Waals surface area contributed by atoms with E-state index in [1.807, 2.05) is 36.1 Å². The third-order valence-electron chi connectivity index (χ3n) is 2.39. The molecule has 0 bridgehead atoms. The first kappa shape index (κ1) is 11.1. The molecule has 0 unspecified atom stereocenters. The molecule has 2 aromatic heterocycles. The Morgan fingerprint density at radius 3 is 2.56 bits per heavy atom. The highest BCUT2D eigenvalue weighted by atomic mass is 32.1. The summed E-state index contributed by atoms with van der Waals surface area (Å²) in [5, 5.41) is 3.09. The minimum Gasteiger partial charge on any atom is -0.341 e. The van der Waals surface area contributed by atoms with Crippen LogP contribution in [-0.4, -0.2) is 16.0 Å². The fraction of sp³-hybridized carbons (Fsp3) is 0.333. The van der Waals surface area contributed by atoms with E-state index in [9.17, 15) is 0 Å². The predicted molar refractivity (Wildman–Crippen MR) is 67.7 cm³/mol. The van der Waals surface area contributed by atoms with E-state index in [0.717, 1.165) is 11.7 Å². The molecule has 0 amide bonds. The maximum Gasteiger partial charge on any atom is 0.185 e. The van der Waals surface area contributed by atoms with Crippen molar-refractivity contribution in [3.63, 3.8) is 0 Å². The van der Waals surface area contributed by atoms with Gasteiger partial charge in [0.25, 0.3) is 0 Å². The van der Waals surface area contributed by atoms with Crippen molar-refractivity contribution in [3.8, 4) is 0 Å². The summed E-state index contributed by atoms with van der Waals surface area (Å²) >= 11 is 1.68. The van der Waals surface area contributed by atoms with E-state index in [1.165, 1.54) is 5.56 Å². The van der Waals surface area contributed by atoms with Crippen LogP contribution in [-0.2, 0) is 6.54 Å². The Kier molecular flexibility index (Phi) is 3.51. The molecular formula is C12H15N3S. The lowest BCUT2D eigenvalue weighted by atomic mass is 10.2. The monoisotopic (exact) mass is 233 g/mol. The van der Waals surface area contributed by atoms with Crippen molar-refractivity contribution in [2.24, 2.45) is 0 Å². The Labute approximate surface area is 99.8 Å². The van der Waals surface area contributed by atoms with Crippen LogP contribution in [0, 0.1) is 0 Å². The van der Waals surface area contributed by atoms with Gasteiger partial charge < -0.3 is 4.90 Å². The molecule has 0 aliphatic carbocycles. The van der Waals surface area contributed by atoms with Gasteiger partial charge in [-0.15, -0.1) is 11.3 Å². The van der Waals surface area contributed by atoms with Gasteiger partial charge in [0.1, 0.15) is 0 Å². The molecule has 0 saturated carbocycles. The number of pyridine rings is 1. The largest absolute Gasteiger partial charge is 0.341 e. The van der Waals surface area contributed by atoms with Gasteiger partial charge in [-0.05, 0) is 31.5 Å². The highest BCUT2D eigenvalue weighted by molar-refractivity contribution is 7.13. The molecule has 0 aromatic carbocycles. The second kappa shape index (κ2) is 5.07. The van der Waals surface area contributed by atoms with Crippen molar-refractivity contribution in [3.05, 3.63) is 41.7 Å². The lowest BCUT2D eigenvalue weighted by Gasteiger charge is -2.26. The lowest BCUT2D eigenvalue weighted by Crippen LogP contribution is -2.29. The van der Waals surface area contributed by atoms with E-state index in [0.29, 0.717) is 6.04 Å². The van der Waals surface area contributed by atoms with Crippen LogP contribution in [0.25, 0.3) is 0 Å². The first-order valence-corrected chi connectivity index (χ1v) is 6.20. The minimum absolute atomic E-state index is 0.444. The van der Waals surface area contributed by atoms with Crippen LogP contribution in [0.1, 0.15) is 19.4 Å². The van der Waals surface area contributed by atoms with Gasteiger partial charge in [-0.2, -0.15) is 0 Å². The molecule has 2 rings (SSSR count). The topological polar surface area (TPSA) is 29.0 Å². The molecular weight excluding hydrogens is 218 g/mol. The van der Waals surface area contributed by atoms with Crippen LogP contribution in [0.5, 0.6) is 0 Å². The Balaban J connectivity index is 2.16. The Morgan fingerprint density at radius 1 is 1.25 bits per heavy atom. The van der Waals surface area contributed by atoms with Gasteiger partial charge in [0.15, 0.2) is 5.13 Å². The van der Waals surface area contributed by atoms with Crippen molar-refractivity contribution in [1.82, 2.24) is 9.97 Å². The molecule has 84 valence electrons. The summed E-state index contributed by atoms with van der Waals surface area (Å²) < 4.78 is 0. The van der Waals surface area contributed by atoms with Crippen LogP contribution in [0.4, 0.5) is 5.13 Å². The van der Waals surface area contributed by atoms with Gasteiger partial charge in [-0.3, -0.25) is 4.98 Å². The summed E-state index contributed by atoms with van der Waals surface area (Å²) in [5.74, 6) is 0. The van der Waals surface area contributed by atoms with E-state index < -0.39 is 0 Å². The molecule has 3 nitrogen and oxygen atoms in total. The zero-order valence-electron chi connectivity index (χ0n) is 9.50. The smallest absolute Gasteiger partial charge is 0.185 e. The Morgan fingerprint density at radius 2 is 2.00 bits per heavy atom. The molecule has 16 heavy (non-hydrogen) atoms. The third kappa shape index (κ3) is 2.58. The standard InChI is InChI=1S/C12H15N3S/c1-10(2)15(12-14-7-8-16-12)9-11-3-5-13-6-4-11/h3-8,10H,9H2,1-2H3. The van der Waals surface area contributed by atoms with E-state index in [-0.39, 0.29) is 0 Å². The van der Waals surface area contributed by atoms with Crippen molar-refractivity contribution < 1.29 is 0 Å². The first-order chi connectivity index (χ1) is 7.77. The Hall–Kier alpha value is -1.42. The van der Waals surface area contributed by atoms with E-state index in [1.54, 1.807) is 11.3 Å². The normalized spacial score (nSPS) is 10.7. The van der Waals surface area contributed by atoms with E-state index in [2.05, 4.69) is 28.7 Å². The van der Waals surface area contributed by atoms with E-state index >= 15 is 0 Å². The zero-order chi connectivity index (χ0) is 11.4. The van der Waals surface area contributed by atoms with Crippen molar-refractivity contribution in [2.45, 2.75) is 26.4 Å². The van der Waals surface area contributed by atoms with Gasteiger partial charge in [0.05, 0.1) is 0 Å². The molecule has 0 saturated heterocycles. The quantitative estimate of drug-likeness (QED) is 0.813. The minimum atomic E-state index is 0.444. The second-order valence-electron chi connectivity index (χ2n) is 3.89. The summed E-state index contributed by atoms with van der Waals surface area (Å²) in [5.41, 5.74) is 1.26. The van der Waals surface area contributed by atoms with Crippen LogP contribution in [0.15, 0.2) is 36.1 Å². The molecule has 0 aliphatic heterocycles. The number of aromatic nitrogens is 2. The maximum absolute atomic E-state index is 4.36. The highest BCUT2D eigenvalue weighted by Gasteiger charge is 2.12. The number of hydrogen-bond acceptors (Lipinski definition) is 4. The molecule has 0 aliphatic rings. The summed E-state index contributed by atoms with van der Waals surface area (Å²) in [6, 6.07) is 4.53. The number of rotatable bonds is 4. The third-order valence-corrected chi connectivity index (χ3v) is 3.20. The van der Waals surface area contributed by atoms with Crippen LogP contribution in [0.3, 0.4) is 0 Å². The SMILES string of the molecule is CC(C)N(Cc1ccncc1)c1nccs1. The zero-order valence-corrected chi connectivity index (χ0v) is 10.3. The molecule has 0 atom stereocenters. The molecule has 0 fully saturated rings. The van der Waals surface area contributed by atoms with E-state index in [4.69, 9.17) is 0 Å². The van der Waals surface area contributed by atoms with Gasteiger partial charge in [-0.25, -0.2) is 4.98 Å².